The van der Waals surface area contributed by atoms with Crippen LogP contribution >= 0.6 is 0 Å². The molecule has 5 heteroatoms. The summed E-state index contributed by atoms with van der Waals surface area (Å²) in [7, 11) is 0. The van der Waals surface area contributed by atoms with E-state index in [0.717, 1.165) is 0 Å². The number of Topliss-reactive ketones (excluding diaryl/α,β-unsaturated/α-hetero) is 1. The molecule has 1 amide bonds. The molecule has 0 heterocycles. The number of nitrogens with one attached hydrogen (secondary N) is 3. The normalized spacial score (nSPS) is 14.6. The van der Waals surface area contributed by atoms with Gasteiger partial charge in [-0.3, -0.25) is 9.59 Å². The van der Waals surface area contributed by atoms with Crippen LogP contribution in [0.3, 0.4) is 0 Å². The summed E-state index contributed by atoms with van der Waals surface area (Å²) < 4.78 is 0. The topological polar surface area (TPSA) is 70.2 Å². The van der Waals surface area contributed by atoms with Crippen LogP contribution in [0.1, 0.15) is 62.3 Å². The van der Waals surface area contributed by atoms with Crippen molar-refractivity contribution in [2.24, 2.45) is 5.41 Å². The van der Waals surface area contributed by atoms with E-state index in [-0.39, 0.29) is 35.4 Å². The molecule has 0 aliphatic carbocycles. The van der Waals surface area contributed by atoms with Gasteiger partial charge in [0.05, 0.1) is 12.6 Å². The van der Waals surface area contributed by atoms with Gasteiger partial charge < -0.3 is 16.0 Å². The standard InChI is InChI=1S/C17H35N3O2/c1-15(2,3)13(21)11-18-14(22)12(20-17(7,8)9)10-19-16(4,5)6/h12,19-20H,10-11H2,1-9H3,(H,18,22). The van der Waals surface area contributed by atoms with Crippen molar-refractivity contribution >= 4 is 11.7 Å². The zero-order valence-corrected chi connectivity index (χ0v) is 15.8. The Labute approximate surface area is 136 Å². The summed E-state index contributed by atoms with van der Waals surface area (Å²) in [6, 6.07) is -0.382. The largest absolute Gasteiger partial charge is 0.348 e. The van der Waals surface area contributed by atoms with Gasteiger partial charge in [0, 0.05) is 23.0 Å². The lowest BCUT2D eigenvalue weighted by Gasteiger charge is -2.31. The smallest absolute Gasteiger partial charge is 0.238 e. The maximum atomic E-state index is 12.4. The first-order valence-electron chi connectivity index (χ1n) is 7.95. The van der Waals surface area contributed by atoms with Crippen LogP contribution < -0.4 is 16.0 Å². The van der Waals surface area contributed by atoms with E-state index in [0.29, 0.717) is 6.54 Å². The van der Waals surface area contributed by atoms with E-state index >= 15 is 0 Å². The van der Waals surface area contributed by atoms with Crippen LogP contribution in [0.15, 0.2) is 0 Å². The first kappa shape index (κ1) is 21.1. The Bertz CT molecular complexity index is 384. The summed E-state index contributed by atoms with van der Waals surface area (Å²) >= 11 is 0. The van der Waals surface area contributed by atoms with E-state index in [9.17, 15) is 9.59 Å². The number of rotatable bonds is 6. The first-order valence-corrected chi connectivity index (χ1v) is 7.95. The number of amides is 1. The molecule has 22 heavy (non-hydrogen) atoms. The predicted octanol–water partition coefficient (Wildman–Crippen LogP) is 1.86. The summed E-state index contributed by atoms with van der Waals surface area (Å²) in [5, 5.41) is 9.40. The minimum atomic E-state index is -0.441. The highest BCUT2D eigenvalue weighted by Gasteiger charge is 2.27. The molecule has 0 spiro atoms. The Morgan fingerprint density at radius 3 is 1.73 bits per heavy atom. The zero-order chi connectivity index (χ0) is 17.8. The Morgan fingerprint density at radius 2 is 1.36 bits per heavy atom. The molecule has 0 rings (SSSR count). The van der Waals surface area contributed by atoms with Gasteiger partial charge in [-0.15, -0.1) is 0 Å². The number of hydrogen-bond acceptors (Lipinski definition) is 4. The van der Waals surface area contributed by atoms with Crippen LogP contribution in [-0.4, -0.2) is 41.9 Å². The fourth-order valence-corrected chi connectivity index (χ4v) is 1.70. The molecule has 0 saturated heterocycles. The highest BCUT2D eigenvalue weighted by Crippen LogP contribution is 2.13. The van der Waals surface area contributed by atoms with Gasteiger partial charge in [0.1, 0.15) is 0 Å². The van der Waals surface area contributed by atoms with Crippen molar-refractivity contribution in [1.29, 1.82) is 0 Å². The summed E-state index contributed by atoms with van der Waals surface area (Å²) in [6.07, 6.45) is 0. The van der Waals surface area contributed by atoms with E-state index in [4.69, 9.17) is 0 Å². The van der Waals surface area contributed by atoms with Gasteiger partial charge in [-0.25, -0.2) is 0 Å². The van der Waals surface area contributed by atoms with Gasteiger partial charge in [0.15, 0.2) is 5.78 Å². The second kappa shape index (κ2) is 7.55. The maximum Gasteiger partial charge on any atom is 0.238 e. The molecule has 0 aliphatic heterocycles. The van der Waals surface area contributed by atoms with Crippen molar-refractivity contribution in [3.63, 3.8) is 0 Å². The lowest BCUT2D eigenvalue weighted by Crippen LogP contribution is -2.58. The second-order valence-corrected chi connectivity index (χ2v) is 8.97. The van der Waals surface area contributed by atoms with Crippen LogP contribution in [-0.2, 0) is 9.59 Å². The van der Waals surface area contributed by atoms with E-state index in [1.165, 1.54) is 0 Å². The van der Waals surface area contributed by atoms with Crippen LogP contribution in [0, 0.1) is 5.41 Å². The van der Waals surface area contributed by atoms with E-state index < -0.39 is 5.41 Å². The first-order chi connectivity index (χ1) is 9.62. The highest BCUT2D eigenvalue weighted by molar-refractivity contribution is 5.91. The van der Waals surface area contributed by atoms with E-state index in [2.05, 4.69) is 36.7 Å². The number of ketones is 1. The van der Waals surface area contributed by atoms with Gasteiger partial charge in [0.25, 0.3) is 0 Å². The molecule has 0 aromatic heterocycles. The van der Waals surface area contributed by atoms with Crippen LogP contribution in [0.25, 0.3) is 0 Å². The summed E-state index contributed by atoms with van der Waals surface area (Å²) in [5.74, 6) is -0.122. The molecule has 0 aliphatic rings. The predicted molar refractivity (Wildman–Crippen MR) is 91.9 cm³/mol. The Hall–Kier alpha value is -0.940. The third-order valence-corrected chi connectivity index (χ3v) is 3.02. The molecule has 0 aromatic rings. The fourth-order valence-electron chi connectivity index (χ4n) is 1.70. The lowest BCUT2D eigenvalue weighted by atomic mass is 9.91. The molecule has 1 unspecified atom stereocenters. The molecule has 0 fully saturated rings. The average Bonchev–Trinajstić information content (AvgIpc) is 2.27. The molecule has 5 nitrogen and oxygen atoms in total. The second-order valence-electron chi connectivity index (χ2n) is 8.97. The van der Waals surface area contributed by atoms with E-state index in [1.807, 2.05) is 41.5 Å². The fraction of sp³-hybridized carbons (Fsp3) is 0.882. The van der Waals surface area contributed by atoms with Crippen LogP contribution in [0.5, 0.6) is 0 Å². The van der Waals surface area contributed by atoms with Crippen LogP contribution in [0.2, 0.25) is 0 Å². The molecular weight excluding hydrogens is 278 g/mol. The van der Waals surface area contributed by atoms with Crippen molar-refractivity contribution in [2.75, 3.05) is 13.1 Å². The van der Waals surface area contributed by atoms with Gasteiger partial charge in [-0.2, -0.15) is 0 Å². The van der Waals surface area contributed by atoms with Crippen molar-refractivity contribution in [3.05, 3.63) is 0 Å². The molecular formula is C17H35N3O2. The Morgan fingerprint density at radius 1 is 0.864 bits per heavy atom. The van der Waals surface area contributed by atoms with Crippen molar-refractivity contribution in [2.45, 2.75) is 79.4 Å². The lowest BCUT2D eigenvalue weighted by molar-refractivity contribution is -0.130. The van der Waals surface area contributed by atoms with E-state index in [1.54, 1.807) is 0 Å². The Kier molecular flexibility index (Phi) is 7.23. The molecule has 0 aromatic carbocycles. The Balaban J connectivity index is 4.72. The van der Waals surface area contributed by atoms with Gasteiger partial charge >= 0.3 is 0 Å². The molecule has 0 bridgehead atoms. The van der Waals surface area contributed by atoms with Gasteiger partial charge in [0.2, 0.25) is 5.91 Å². The molecule has 1 atom stereocenters. The zero-order valence-electron chi connectivity index (χ0n) is 15.8. The minimum Gasteiger partial charge on any atom is -0.348 e. The molecule has 0 radical (unpaired) electrons. The number of hydrogen-bond donors (Lipinski definition) is 3. The summed E-state index contributed by atoms with van der Waals surface area (Å²) in [5.41, 5.74) is -0.696. The third kappa shape index (κ3) is 9.90. The monoisotopic (exact) mass is 313 g/mol. The summed E-state index contributed by atoms with van der Waals surface area (Å²) in [4.78, 5) is 24.3. The highest BCUT2D eigenvalue weighted by atomic mass is 16.2. The van der Waals surface area contributed by atoms with Crippen molar-refractivity contribution in [3.8, 4) is 0 Å². The van der Waals surface area contributed by atoms with Gasteiger partial charge in [-0.05, 0) is 41.5 Å². The van der Waals surface area contributed by atoms with Crippen LogP contribution in [0.4, 0.5) is 0 Å². The average molecular weight is 313 g/mol. The van der Waals surface area contributed by atoms with Crippen molar-refractivity contribution < 1.29 is 9.59 Å². The maximum absolute atomic E-state index is 12.4. The quantitative estimate of drug-likeness (QED) is 0.700. The van der Waals surface area contributed by atoms with Gasteiger partial charge in [-0.1, -0.05) is 20.8 Å². The number of carbonyl (C=O) groups excluding carboxylic acids is 2. The molecule has 3 N–H and O–H groups in total. The number of carbonyl (C=O) groups is 2. The SMILES string of the molecule is CC(C)(C)NCC(NC(C)(C)C)C(=O)NCC(=O)C(C)(C)C. The molecule has 130 valence electrons. The van der Waals surface area contributed by atoms with Crippen molar-refractivity contribution in [1.82, 2.24) is 16.0 Å². The minimum absolute atomic E-state index is 0.0270. The third-order valence-electron chi connectivity index (χ3n) is 3.02. The summed E-state index contributed by atoms with van der Waals surface area (Å²) in [6.45, 7) is 18.4. The molecule has 0 saturated carbocycles.